The molecule has 0 radical (unpaired) electrons. The first-order chi connectivity index (χ1) is 8.41. The van der Waals surface area contributed by atoms with Gasteiger partial charge in [0.2, 0.25) is 0 Å². The van der Waals surface area contributed by atoms with Gasteiger partial charge in [-0.3, -0.25) is 4.79 Å². The minimum Gasteiger partial charge on any atom is -0.350 e. The molecule has 0 bridgehead atoms. The molecular formula is C14H21ClN2O. The van der Waals surface area contributed by atoms with Crippen molar-refractivity contribution in [3.63, 3.8) is 0 Å². The van der Waals surface area contributed by atoms with E-state index >= 15 is 0 Å². The third-order valence-electron chi connectivity index (χ3n) is 3.44. The van der Waals surface area contributed by atoms with Crippen molar-refractivity contribution in [1.29, 1.82) is 0 Å². The first-order valence-electron chi connectivity index (χ1n) is 6.25. The van der Waals surface area contributed by atoms with Gasteiger partial charge in [0.05, 0.1) is 0 Å². The lowest BCUT2D eigenvalue weighted by atomic mass is 9.94. The highest BCUT2D eigenvalue weighted by molar-refractivity contribution is 6.31. The van der Waals surface area contributed by atoms with Crippen LogP contribution in [0.2, 0.25) is 5.02 Å². The number of nitrogens with two attached hydrogens (primary N) is 1. The van der Waals surface area contributed by atoms with Crippen LogP contribution in [0, 0.1) is 6.92 Å². The fourth-order valence-corrected chi connectivity index (χ4v) is 1.77. The standard InChI is InChI=1S/C14H21ClN2O/c1-4-14(16,5-2)9-17-13(18)11-7-6-10(3)12(15)8-11/h6-8H,4-5,9,16H2,1-3H3,(H,17,18). The molecule has 0 aliphatic carbocycles. The normalized spacial score (nSPS) is 11.4. The van der Waals surface area contributed by atoms with Crippen molar-refractivity contribution in [2.75, 3.05) is 6.54 Å². The van der Waals surface area contributed by atoms with Crippen molar-refractivity contribution in [2.45, 2.75) is 39.2 Å². The van der Waals surface area contributed by atoms with Crippen LogP contribution >= 0.6 is 11.6 Å². The van der Waals surface area contributed by atoms with E-state index < -0.39 is 0 Å². The quantitative estimate of drug-likeness (QED) is 0.863. The maximum Gasteiger partial charge on any atom is 0.251 e. The lowest BCUT2D eigenvalue weighted by Gasteiger charge is -2.26. The summed E-state index contributed by atoms with van der Waals surface area (Å²) < 4.78 is 0. The summed E-state index contributed by atoms with van der Waals surface area (Å²) in [5, 5.41) is 3.47. The van der Waals surface area contributed by atoms with E-state index in [-0.39, 0.29) is 11.4 Å². The lowest BCUT2D eigenvalue weighted by molar-refractivity contribution is 0.0942. The minimum atomic E-state index is -0.329. The summed E-state index contributed by atoms with van der Waals surface area (Å²) >= 11 is 6.00. The van der Waals surface area contributed by atoms with Crippen LogP contribution < -0.4 is 11.1 Å². The molecule has 0 unspecified atom stereocenters. The molecule has 0 spiro atoms. The Labute approximate surface area is 114 Å². The van der Waals surface area contributed by atoms with E-state index in [2.05, 4.69) is 5.32 Å². The molecule has 1 rings (SSSR count). The molecule has 0 aromatic heterocycles. The second-order valence-corrected chi connectivity index (χ2v) is 5.12. The summed E-state index contributed by atoms with van der Waals surface area (Å²) in [5.41, 5.74) is 7.34. The predicted octanol–water partition coefficient (Wildman–Crippen LogP) is 2.90. The highest BCUT2D eigenvalue weighted by Crippen LogP contribution is 2.17. The van der Waals surface area contributed by atoms with E-state index in [4.69, 9.17) is 17.3 Å². The van der Waals surface area contributed by atoms with E-state index in [1.165, 1.54) is 0 Å². The maximum atomic E-state index is 12.0. The van der Waals surface area contributed by atoms with Gasteiger partial charge >= 0.3 is 0 Å². The first-order valence-corrected chi connectivity index (χ1v) is 6.63. The molecule has 0 heterocycles. The molecule has 0 aliphatic heterocycles. The van der Waals surface area contributed by atoms with Crippen LogP contribution in [0.25, 0.3) is 0 Å². The van der Waals surface area contributed by atoms with Gasteiger partial charge in [0.15, 0.2) is 0 Å². The average Bonchev–Trinajstić information content (AvgIpc) is 2.38. The number of rotatable bonds is 5. The second-order valence-electron chi connectivity index (χ2n) is 4.72. The van der Waals surface area contributed by atoms with Gasteiger partial charge in [0.25, 0.3) is 5.91 Å². The number of halogens is 1. The minimum absolute atomic E-state index is 0.131. The Kier molecular flexibility index (Phi) is 5.17. The molecule has 3 nitrogen and oxygen atoms in total. The topological polar surface area (TPSA) is 55.1 Å². The molecule has 1 aromatic rings. The number of benzene rings is 1. The van der Waals surface area contributed by atoms with Crippen molar-refractivity contribution in [1.82, 2.24) is 5.32 Å². The van der Waals surface area contributed by atoms with Crippen LogP contribution in [0.4, 0.5) is 0 Å². The third-order valence-corrected chi connectivity index (χ3v) is 3.85. The Bertz CT molecular complexity index is 428. The maximum absolute atomic E-state index is 12.0. The van der Waals surface area contributed by atoms with Gasteiger partial charge in [-0.05, 0) is 37.5 Å². The highest BCUT2D eigenvalue weighted by Gasteiger charge is 2.21. The number of hydrogen-bond acceptors (Lipinski definition) is 2. The summed E-state index contributed by atoms with van der Waals surface area (Å²) in [6, 6.07) is 5.29. The molecule has 100 valence electrons. The van der Waals surface area contributed by atoms with Crippen molar-refractivity contribution >= 4 is 17.5 Å². The summed E-state index contributed by atoms with van der Waals surface area (Å²) in [4.78, 5) is 12.0. The van der Waals surface area contributed by atoms with Gasteiger partial charge in [-0.15, -0.1) is 0 Å². The van der Waals surface area contributed by atoms with E-state index in [0.717, 1.165) is 18.4 Å². The van der Waals surface area contributed by atoms with Crippen LogP contribution in [0.3, 0.4) is 0 Å². The summed E-state index contributed by atoms with van der Waals surface area (Å²) in [7, 11) is 0. The molecule has 0 saturated carbocycles. The molecule has 1 amide bonds. The highest BCUT2D eigenvalue weighted by atomic mass is 35.5. The molecular weight excluding hydrogens is 248 g/mol. The number of carbonyl (C=O) groups is 1. The molecule has 18 heavy (non-hydrogen) atoms. The number of hydrogen-bond donors (Lipinski definition) is 2. The molecule has 4 heteroatoms. The summed E-state index contributed by atoms with van der Waals surface area (Å²) in [6.07, 6.45) is 1.66. The largest absolute Gasteiger partial charge is 0.350 e. The predicted molar refractivity (Wildman–Crippen MR) is 76.0 cm³/mol. The van der Waals surface area contributed by atoms with Crippen LogP contribution in [0.5, 0.6) is 0 Å². The number of aryl methyl sites for hydroxylation is 1. The lowest BCUT2D eigenvalue weighted by Crippen LogP contribution is -2.49. The summed E-state index contributed by atoms with van der Waals surface area (Å²) in [5.74, 6) is -0.131. The van der Waals surface area contributed by atoms with Gasteiger partial charge in [-0.1, -0.05) is 31.5 Å². The van der Waals surface area contributed by atoms with E-state index in [1.54, 1.807) is 12.1 Å². The zero-order valence-electron chi connectivity index (χ0n) is 11.2. The van der Waals surface area contributed by atoms with Crippen LogP contribution in [0.1, 0.15) is 42.6 Å². The molecule has 1 aromatic carbocycles. The Hall–Kier alpha value is -1.06. The first kappa shape index (κ1) is 15.0. The zero-order chi connectivity index (χ0) is 13.8. The monoisotopic (exact) mass is 268 g/mol. The van der Waals surface area contributed by atoms with Crippen molar-refractivity contribution < 1.29 is 4.79 Å². The molecule has 0 saturated heterocycles. The smallest absolute Gasteiger partial charge is 0.251 e. The van der Waals surface area contributed by atoms with E-state index in [0.29, 0.717) is 17.1 Å². The van der Waals surface area contributed by atoms with Gasteiger partial charge in [0.1, 0.15) is 0 Å². The van der Waals surface area contributed by atoms with Crippen LogP contribution in [-0.2, 0) is 0 Å². The van der Waals surface area contributed by atoms with Crippen molar-refractivity contribution in [3.8, 4) is 0 Å². The van der Waals surface area contributed by atoms with Gasteiger partial charge in [-0.2, -0.15) is 0 Å². The third kappa shape index (κ3) is 3.72. The van der Waals surface area contributed by atoms with Gasteiger partial charge in [-0.25, -0.2) is 0 Å². The van der Waals surface area contributed by atoms with Crippen LogP contribution in [-0.4, -0.2) is 18.0 Å². The SMILES string of the molecule is CCC(N)(CC)CNC(=O)c1ccc(C)c(Cl)c1. The number of amides is 1. The van der Waals surface area contributed by atoms with Gasteiger partial charge in [0, 0.05) is 22.7 Å². The Balaban J connectivity index is 2.68. The number of nitrogens with one attached hydrogen (secondary N) is 1. The molecule has 0 aliphatic rings. The molecule has 0 fully saturated rings. The number of carbonyl (C=O) groups excluding carboxylic acids is 1. The zero-order valence-corrected chi connectivity index (χ0v) is 12.0. The summed E-state index contributed by atoms with van der Waals surface area (Å²) in [6.45, 7) is 6.43. The Morgan fingerprint density at radius 3 is 2.50 bits per heavy atom. The van der Waals surface area contributed by atoms with Crippen LogP contribution in [0.15, 0.2) is 18.2 Å². The van der Waals surface area contributed by atoms with E-state index in [1.807, 2.05) is 26.8 Å². The Morgan fingerprint density at radius 2 is 2.00 bits per heavy atom. The Morgan fingerprint density at radius 1 is 1.39 bits per heavy atom. The second kappa shape index (κ2) is 6.21. The van der Waals surface area contributed by atoms with Gasteiger partial charge < -0.3 is 11.1 Å². The van der Waals surface area contributed by atoms with E-state index in [9.17, 15) is 4.79 Å². The molecule has 3 N–H and O–H groups in total. The van der Waals surface area contributed by atoms with Crippen molar-refractivity contribution in [2.24, 2.45) is 5.73 Å². The fraction of sp³-hybridized carbons (Fsp3) is 0.500. The van der Waals surface area contributed by atoms with Crippen molar-refractivity contribution in [3.05, 3.63) is 34.3 Å². The average molecular weight is 269 g/mol. The molecule has 0 atom stereocenters. The fourth-order valence-electron chi connectivity index (χ4n) is 1.59.